The molecule has 1 fully saturated rings. The molecule has 0 bridgehead atoms. The molecule has 0 radical (unpaired) electrons. The average Bonchev–Trinajstić information content (AvgIpc) is 2.54. The summed E-state index contributed by atoms with van der Waals surface area (Å²) in [5.41, 5.74) is -0.00536. The molecule has 1 nitrogen and oxygen atoms in total. The third-order valence-electron chi connectivity index (χ3n) is 3.11. The first kappa shape index (κ1) is 10.3. The van der Waals surface area contributed by atoms with Gasteiger partial charge in [0.25, 0.3) is 0 Å². The molecule has 0 saturated heterocycles. The van der Waals surface area contributed by atoms with Crippen molar-refractivity contribution in [3.63, 3.8) is 0 Å². The minimum atomic E-state index is -0.00536. The number of ketones is 1. The van der Waals surface area contributed by atoms with Crippen LogP contribution in [0.2, 0.25) is 0 Å². The van der Waals surface area contributed by atoms with Gasteiger partial charge in [-0.2, -0.15) is 0 Å². The molecule has 0 amide bonds. The van der Waals surface area contributed by atoms with Gasteiger partial charge in [0.15, 0.2) is 0 Å². The standard InChI is InChI=1S/C12H18O/c1-3-4-5-8-11(13)12(2)9-6-7-10-12/h1H,4-10H2,2H3. The van der Waals surface area contributed by atoms with Crippen LogP contribution in [0.25, 0.3) is 0 Å². The van der Waals surface area contributed by atoms with Crippen LogP contribution in [0.5, 0.6) is 0 Å². The molecule has 0 aromatic heterocycles. The third kappa shape index (κ3) is 2.59. The lowest BCUT2D eigenvalue weighted by Crippen LogP contribution is -2.23. The van der Waals surface area contributed by atoms with Gasteiger partial charge in [-0.3, -0.25) is 4.79 Å². The van der Waals surface area contributed by atoms with Gasteiger partial charge in [0, 0.05) is 18.3 Å². The Morgan fingerprint density at radius 1 is 1.46 bits per heavy atom. The molecule has 13 heavy (non-hydrogen) atoms. The van der Waals surface area contributed by atoms with Crippen LogP contribution in [0.3, 0.4) is 0 Å². The first-order chi connectivity index (χ1) is 6.19. The molecule has 0 aliphatic heterocycles. The summed E-state index contributed by atoms with van der Waals surface area (Å²) in [6.45, 7) is 2.11. The van der Waals surface area contributed by atoms with Crippen molar-refractivity contribution in [2.45, 2.75) is 51.9 Å². The summed E-state index contributed by atoms with van der Waals surface area (Å²) in [4.78, 5) is 11.8. The predicted molar refractivity (Wildman–Crippen MR) is 54.3 cm³/mol. The van der Waals surface area contributed by atoms with Crippen molar-refractivity contribution in [2.75, 3.05) is 0 Å². The first-order valence-corrected chi connectivity index (χ1v) is 5.16. The Kier molecular flexibility index (Phi) is 3.54. The van der Waals surface area contributed by atoms with Crippen molar-refractivity contribution in [1.82, 2.24) is 0 Å². The Morgan fingerprint density at radius 3 is 2.62 bits per heavy atom. The molecule has 0 atom stereocenters. The predicted octanol–water partition coefficient (Wildman–Crippen LogP) is 2.94. The van der Waals surface area contributed by atoms with Gasteiger partial charge in [0.2, 0.25) is 0 Å². The molecule has 1 aliphatic rings. The zero-order chi connectivity index (χ0) is 9.73. The molecule has 1 heteroatoms. The summed E-state index contributed by atoms with van der Waals surface area (Å²) < 4.78 is 0. The maximum atomic E-state index is 11.8. The van der Waals surface area contributed by atoms with Crippen LogP contribution >= 0.6 is 0 Å². The highest BCUT2D eigenvalue weighted by atomic mass is 16.1. The number of hydrogen-bond donors (Lipinski definition) is 0. The molecule has 0 aromatic carbocycles. The Hall–Kier alpha value is -0.770. The summed E-state index contributed by atoms with van der Waals surface area (Å²) in [5, 5.41) is 0. The second-order valence-electron chi connectivity index (χ2n) is 4.25. The summed E-state index contributed by atoms with van der Waals surface area (Å²) in [5.74, 6) is 3.00. The zero-order valence-electron chi connectivity index (χ0n) is 8.44. The van der Waals surface area contributed by atoms with E-state index in [9.17, 15) is 4.79 Å². The monoisotopic (exact) mass is 178 g/mol. The molecule has 0 N–H and O–H groups in total. The van der Waals surface area contributed by atoms with Gasteiger partial charge in [-0.15, -0.1) is 12.3 Å². The Bertz CT molecular complexity index is 216. The normalized spacial score (nSPS) is 19.7. The van der Waals surface area contributed by atoms with E-state index >= 15 is 0 Å². The highest BCUT2D eigenvalue weighted by Crippen LogP contribution is 2.39. The minimum Gasteiger partial charge on any atom is -0.299 e. The molecule has 1 aliphatic carbocycles. The maximum absolute atomic E-state index is 11.8. The van der Waals surface area contributed by atoms with E-state index in [1.807, 2.05) is 0 Å². The smallest absolute Gasteiger partial charge is 0.138 e. The zero-order valence-corrected chi connectivity index (χ0v) is 8.44. The van der Waals surface area contributed by atoms with Crippen molar-refractivity contribution in [3.05, 3.63) is 0 Å². The Morgan fingerprint density at radius 2 is 2.08 bits per heavy atom. The van der Waals surface area contributed by atoms with Gasteiger partial charge in [-0.25, -0.2) is 0 Å². The van der Waals surface area contributed by atoms with E-state index < -0.39 is 0 Å². The maximum Gasteiger partial charge on any atom is 0.138 e. The van der Waals surface area contributed by atoms with Gasteiger partial charge in [-0.05, 0) is 19.3 Å². The minimum absolute atomic E-state index is 0.00536. The molecule has 0 aromatic rings. The Balaban J connectivity index is 2.34. The number of unbranched alkanes of at least 4 members (excludes halogenated alkanes) is 1. The SMILES string of the molecule is C#CCCCC(=O)C1(C)CCCC1. The van der Waals surface area contributed by atoms with Crippen LogP contribution in [0.15, 0.2) is 0 Å². The summed E-state index contributed by atoms with van der Waals surface area (Å²) in [7, 11) is 0. The second-order valence-corrected chi connectivity index (χ2v) is 4.25. The number of rotatable bonds is 4. The largest absolute Gasteiger partial charge is 0.299 e. The van der Waals surface area contributed by atoms with E-state index in [-0.39, 0.29) is 5.41 Å². The van der Waals surface area contributed by atoms with Gasteiger partial charge in [0.1, 0.15) is 5.78 Å². The molecule has 0 heterocycles. The van der Waals surface area contributed by atoms with E-state index in [0.717, 1.165) is 25.7 Å². The fourth-order valence-corrected chi connectivity index (χ4v) is 2.09. The average molecular weight is 178 g/mol. The first-order valence-electron chi connectivity index (χ1n) is 5.16. The molecular formula is C12H18O. The van der Waals surface area contributed by atoms with E-state index in [4.69, 9.17) is 6.42 Å². The van der Waals surface area contributed by atoms with Crippen LogP contribution in [0.1, 0.15) is 51.9 Å². The highest BCUT2D eigenvalue weighted by molar-refractivity contribution is 5.84. The topological polar surface area (TPSA) is 17.1 Å². The Labute approximate surface area is 80.9 Å². The van der Waals surface area contributed by atoms with E-state index in [1.165, 1.54) is 12.8 Å². The summed E-state index contributed by atoms with van der Waals surface area (Å²) in [6.07, 6.45) is 12.0. The third-order valence-corrected chi connectivity index (χ3v) is 3.11. The van der Waals surface area contributed by atoms with E-state index in [2.05, 4.69) is 12.8 Å². The van der Waals surface area contributed by atoms with Crippen LogP contribution in [0.4, 0.5) is 0 Å². The van der Waals surface area contributed by atoms with Crippen molar-refractivity contribution in [1.29, 1.82) is 0 Å². The number of terminal acetylenes is 1. The van der Waals surface area contributed by atoms with Crippen molar-refractivity contribution in [2.24, 2.45) is 5.41 Å². The van der Waals surface area contributed by atoms with Crippen molar-refractivity contribution >= 4 is 5.78 Å². The molecule has 1 rings (SSSR count). The fraction of sp³-hybridized carbons (Fsp3) is 0.750. The highest BCUT2D eigenvalue weighted by Gasteiger charge is 2.34. The second kappa shape index (κ2) is 4.46. The number of carbonyl (C=O) groups is 1. The van der Waals surface area contributed by atoms with E-state index in [1.54, 1.807) is 0 Å². The molecular weight excluding hydrogens is 160 g/mol. The molecule has 1 saturated carbocycles. The number of hydrogen-bond acceptors (Lipinski definition) is 1. The lowest BCUT2D eigenvalue weighted by molar-refractivity contribution is -0.127. The van der Waals surface area contributed by atoms with E-state index in [0.29, 0.717) is 12.2 Å². The fourth-order valence-electron chi connectivity index (χ4n) is 2.09. The van der Waals surface area contributed by atoms with Crippen LogP contribution in [-0.2, 0) is 4.79 Å². The van der Waals surface area contributed by atoms with Crippen LogP contribution < -0.4 is 0 Å². The van der Waals surface area contributed by atoms with Crippen LogP contribution in [0, 0.1) is 17.8 Å². The van der Waals surface area contributed by atoms with Gasteiger partial charge in [-0.1, -0.05) is 19.8 Å². The molecule has 72 valence electrons. The lowest BCUT2D eigenvalue weighted by Gasteiger charge is -2.21. The van der Waals surface area contributed by atoms with Crippen molar-refractivity contribution in [3.8, 4) is 12.3 Å². The molecule has 0 spiro atoms. The van der Waals surface area contributed by atoms with Gasteiger partial charge in [0.05, 0.1) is 0 Å². The quantitative estimate of drug-likeness (QED) is 0.478. The van der Waals surface area contributed by atoms with Crippen molar-refractivity contribution < 1.29 is 4.79 Å². The van der Waals surface area contributed by atoms with Gasteiger partial charge >= 0.3 is 0 Å². The molecule has 0 unspecified atom stereocenters. The summed E-state index contributed by atoms with van der Waals surface area (Å²) >= 11 is 0. The van der Waals surface area contributed by atoms with Gasteiger partial charge < -0.3 is 0 Å². The van der Waals surface area contributed by atoms with Crippen LogP contribution in [-0.4, -0.2) is 5.78 Å². The number of carbonyl (C=O) groups excluding carboxylic acids is 1. The summed E-state index contributed by atoms with van der Waals surface area (Å²) in [6, 6.07) is 0. The lowest BCUT2D eigenvalue weighted by atomic mass is 9.82. The number of Topliss-reactive ketones (excluding diaryl/α,β-unsaturated/α-hetero) is 1.